The minimum Gasteiger partial charge on any atom is -0.398 e. The topological polar surface area (TPSA) is 76.7 Å². The largest absolute Gasteiger partial charge is 0.398 e. The molecule has 0 spiro atoms. The molecule has 0 radical (unpaired) electrons. The number of anilines is 2. The van der Waals surface area contributed by atoms with Crippen LogP contribution in [0, 0.1) is 5.82 Å². The third kappa shape index (κ3) is 2.23. The Morgan fingerprint density at radius 1 is 1.20 bits per heavy atom. The van der Waals surface area contributed by atoms with Gasteiger partial charge >= 0.3 is 0 Å². The smallest absolute Gasteiger partial charge is 0.150 e. The molecule has 0 aliphatic carbocycles. The third-order valence-corrected chi connectivity index (χ3v) is 2.97. The molecule has 20 heavy (non-hydrogen) atoms. The first kappa shape index (κ1) is 12.3. The van der Waals surface area contributed by atoms with Gasteiger partial charge in [0.15, 0.2) is 5.82 Å². The van der Waals surface area contributed by atoms with Crippen LogP contribution in [-0.4, -0.2) is 15.0 Å². The summed E-state index contributed by atoms with van der Waals surface area (Å²) in [5.41, 5.74) is 7.78. The molecule has 3 rings (SSSR count). The van der Waals surface area contributed by atoms with Crippen LogP contribution >= 0.6 is 0 Å². The maximum atomic E-state index is 14.1. The van der Waals surface area contributed by atoms with E-state index in [1.807, 2.05) is 6.07 Å². The number of halogens is 1. The highest BCUT2D eigenvalue weighted by atomic mass is 19.1. The van der Waals surface area contributed by atoms with Gasteiger partial charge in [-0.05, 0) is 24.3 Å². The number of nitrogens with zero attached hydrogens (tertiary/aromatic N) is 3. The fraction of sp³-hybridized carbons (Fsp3) is 0.0714. The highest BCUT2D eigenvalue weighted by Gasteiger charge is 2.11. The van der Waals surface area contributed by atoms with E-state index in [0.717, 1.165) is 11.1 Å². The number of hydrogen-bond acceptors (Lipinski definition) is 5. The number of nitrogens with two attached hydrogens (primary N) is 1. The Morgan fingerprint density at radius 2 is 2.10 bits per heavy atom. The molecular formula is C14H12FN5. The van der Waals surface area contributed by atoms with Crippen LogP contribution < -0.4 is 11.1 Å². The van der Waals surface area contributed by atoms with E-state index < -0.39 is 5.82 Å². The number of hydrogen-bond donors (Lipinski definition) is 2. The average molecular weight is 269 g/mol. The van der Waals surface area contributed by atoms with Crippen LogP contribution in [0.25, 0.3) is 10.9 Å². The molecule has 0 atom stereocenters. The van der Waals surface area contributed by atoms with Gasteiger partial charge in [-0.15, -0.1) is 0 Å². The lowest BCUT2D eigenvalue weighted by atomic mass is 10.1. The maximum absolute atomic E-state index is 14.1. The molecule has 0 bridgehead atoms. The van der Waals surface area contributed by atoms with Crippen LogP contribution in [0.15, 0.2) is 43.0 Å². The van der Waals surface area contributed by atoms with E-state index in [0.29, 0.717) is 23.4 Å². The molecule has 3 aromatic rings. The molecule has 1 aromatic carbocycles. The molecular weight excluding hydrogens is 257 g/mol. The van der Waals surface area contributed by atoms with Gasteiger partial charge in [0.05, 0.1) is 23.4 Å². The summed E-state index contributed by atoms with van der Waals surface area (Å²) < 4.78 is 14.1. The quantitative estimate of drug-likeness (QED) is 0.714. The van der Waals surface area contributed by atoms with Crippen LogP contribution in [-0.2, 0) is 6.54 Å². The van der Waals surface area contributed by atoms with Crippen LogP contribution in [0.1, 0.15) is 5.69 Å². The highest BCUT2D eigenvalue weighted by molar-refractivity contribution is 5.98. The van der Waals surface area contributed by atoms with E-state index in [1.165, 1.54) is 12.4 Å². The Hall–Kier alpha value is -2.76. The predicted octanol–water partition coefficient (Wildman–Crippen LogP) is 2.36. The molecule has 0 fully saturated rings. The monoisotopic (exact) mass is 269 g/mol. The average Bonchev–Trinajstić information content (AvgIpc) is 2.48. The number of benzene rings is 1. The number of nitrogen functional groups attached to an aromatic ring is 1. The molecule has 0 amide bonds. The number of rotatable bonds is 3. The minimum atomic E-state index is -0.428. The zero-order chi connectivity index (χ0) is 13.9. The normalized spacial score (nSPS) is 10.7. The number of pyridine rings is 1. The Balaban J connectivity index is 1.99. The summed E-state index contributed by atoms with van der Waals surface area (Å²) in [7, 11) is 0. The predicted molar refractivity (Wildman–Crippen MR) is 75.5 cm³/mol. The SMILES string of the molecule is Nc1cc(F)c(NCc2ccncn2)c2ncccc12. The Labute approximate surface area is 114 Å². The summed E-state index contributed by atoms with van der Waals surface area (Å²) in [5, 5.41) is 3.74. The fourth-order valence-corrected chi connectivity index (χ4v) is 2.01. The van der Waals surface area contributed by atoms with E-state index in [1.54, 1.807) is 24.5 Å². The van der Waals surface area contributed by atoms with Gasteiger partial charge in [0.1, 0.15) is 6.33 Å². The van der Waals surface area contributed by atoms with Gasteiger partial charge in [-0.2, -0.15) is 0 Å². The third-order valence-electron chi connectivity index (χ3n) is 2.97. The molecule has 5 nitrogen and oxygen atoms in total. The van der Waals surface area contributed by atoms with Crippen molar-refractivity contribution in [3.63, 3.8) is 0 Å². The Kier molecular flexibility index (Phi) is 3.12. The molecule has 0 unspecified atom stereocenters. The van der Waals surface area contributed by atoms with Gasteiger partial charge in [0, 0.05) is 23.5 Å². The molecule has 6 heteroatoms. The summed E-state index contributed by atoms with van der Waals surface area (Å²) in [6, 6.07) is 6.64. The van der Waals surface area contributed by atoms with Crippen LogP contribution in [0.2, 0.25) is 0 Å². The first-order valence-electron chi connectivity index (χ1n) is 6.07. The van der Waals surface area contributed by atoms with Gasteiger partial charge in [0.2, 0.25) is 0 Å². The molecule has 100 valence electrons. The summed E-state index contributed by atoms with van der Waals surface area (Å²) in [6.07, 6.45) is 4.70. The van der Waals surface area contributed by atoms with E-state index in [2.05, 4.69) is 20.3 Å². The van der Waals surface area contributed by atoms with Crippen LogP contribution in [0.4, 0.5) is 15.8 Å². The number of nitrogens with one attached hydrogen (secondary N) is 1. The minimum absolute atomic E-state index is 0.327. The molecule has 2 heterocycles. The van der Waals surface area contributed by atoms with Gasteiger partial charge in [-0.3, -0.25) is 4.98 Å². The van der Waals surface area contributed by atoms with Crippen molar-refractivity contribution in [3.8, 4) is 0 Å². The van der Waals surface area contributed by atoms with Crippen molar-refractivity contribution < 1.29 is 4.39 Å². The first-order valence-corrected chi connectivity index (χ1v) is 6.07. The van der Waals surface area contributed by atoms with Gasteiger partial charge in [0.25, 0.3) is 0 Å². The van der Waals surface area contributed by atoms with Crippen molar-refractivity contribution in [1.29, 1.82) is 0 Å². The first-order chi connectivity index (χ1) is 9.75. The lowest BCUT2D eigenvalue weighted by Crippen LogP contribution is -2.05. The lowest BCUT2D eigenvalue weighted by molar-refractivity contribution is 0.632. The zero-order valence-electron chi connectivity index (χ0n) is 10.5. The molecule has 0 aliphatic heterocycles. The van der Waals surface area contributed by atoms with E-state index in [-0.39, 0.29) is 0 Å². The van der Waals surface area contributed by atoms with E-state index >= 15 is 0 Å². The van der Waals surface area contributed by atoms with Gasteiger partial charge in [-0.1, -0.05) is 0 Å². The van der Waals surface area contributed by atoms with Crippen molar-refractivity contribution in [2.75, 3.05) is 11.1 Å². The second-order valence-electron chi connectivity index (χ2n) is 4.28. The Morgan fingerprint density at radius 3 is 2.90 bits per heavy atom. The fourth-order valence-electron chi connectivity index (χ4n) is 2.01. The molecule has 0 aliphatic rings. The maximum Gasteiger partial charge on any atom is 0.150 e. The number of fused-ring (bicyclic) bond motifs is 1. The van der Waals surface area contributed by atoms with Gasteiger partial charge < -0.3 is 11.1 Å². The van der Waals surface area contributed by atoms with Crippen molar-refractivity contribution in [1.82, 2.24) is 15.0 Å². The molecule has 2 aromatic heterocycles. The zero-order valence-corrected chi connectivity index (χ0v) is 10.5. The van der Waals surface area contributed by atoms with Gasteiger partial charge in [-0.25, -0.2) is 14.4 Å². The van der Waals surface area contributed by atoms with Crippen molar-refractivity contribution in [2.45, 2.75) is 6.54 Å². The van der Waals surface area contributed by atoms with Crippen molar-refractivity contribution >= 4 is 22.3 Å². The molecule has 0 saturated heterocycles. The summed E-state index contributed by atoms with van der Waals surface area (Å²) in [4.78, 5) is 12.1. The summed E-state index contributed by atoms with van der Waals surface area (Å²) in [6.45, 7) is 0.384. The molecule has 3 N–H and O–H groups in total. The van der Waals surface area contributed by atoms with Crippen LogP contribution in [0.5, 0.6) is 0 Å². The van der Waals surface area contributed by atoms with E-state index in [9.17, 15) is 4.39 Å². The van der Waals surface area contributed by atoms with Crippen LogP contribution in [0.3, 0.4) is 0 Å². The summed E-state index contributed by atoms with van der Waals surface area (Å²) >= 11 is 0. The number of aromatic nitrogens is 3. The summed E-state index contributed by atoms with van der Waals surface area (Å²) in [5.74, 6) is -0.428. The van der Waals surface area contributed by atoms with Crippen molar-refractivity contribution in [2.24, 2.45) is 0 Å². The Bertz CT molecular complexity index is 745. The second-order valence-corrected chi connectivity index (χ2v) is 4.28. The molecule has 0 saturated carbocycles. The van der Waals surface area contributed by atoms with Crippen molar-refractivity contribution in [3.05, 3.63) is 54.5 Å². The standard InChI is InChI=1S/C14H12FN5/c15-11-6-12(16)10-2-1-4-18-13(10)14(11)19-7-9-3-5-17-8-20-9/h1-6,8,19H,7,16H2. The van der Waals surface area contributed by atoms with E-state index in [4.69, 9.17) is 5.73 Å². The second kappa shape index (κ2) is 5.08. The highest BCUT2D eigenvalue weighted by Crippen LogP contribution is 2.29. The lowest BCUT2D eigenvalue weighted by Gasteiger charge is -2.11.